The van der Waals surface area contributed by atoms with Gasteiger partial charge in [0.2, 0.25) is 0 Å². The Morgan fingerprint density at radius 1 is 1.00 bits per heavy atom. The van der Waals surface area contributed by atoms with Crippen molar-refractivity contribution in [3.8, 4) is 0 Å². The van der Waals surface area contributed by atoms with Crippen LogP contribution in [-0.2, 0) is 0 Å². The van der Waals surface area contributed by atoms with Crippen LogP contribution in [0.3, 0.4) is 0 Å². The monoisotopic (exact) mass is 268 g/mol. The van der Waals surface area contributed by atoms with E-state index >= 15 is 0 Å². The molecule has 0 aliphatic carbocycles. The number of halogens is 4. The van der Waals surface area contributed by atoms with Crippen molar-refractivity contribution in [2.75, 3.05) is 6.54 Å². The zero-order valence-corrected chi connectivity index (χ0v) is 10.1. The Balaban J connectivity index is 0.00000256. The second-order valence-electron chi connectivity index (χ2n) is 3.68. The summed E-state index contributed by atoms with van der Waals surface area (Å²) in [4.78, 5) is 0. The molecule has 0 aromatic heterocycles. The Hall–Kier alpha value is -0.780. The lowest BCUT2D eigenvalue weighted by Gasteiger charge is -2.12. The summed E-state index contributed by atoms with van der Waals surface area (Å²) < 4.78 is 38.8. The van der Waals surface area contributed by atoms with Crippen LogP contribution in [0.1, 0.15) is 30.9 Å². The van der Waals surface area contributed by atoms with Crippen LogP contribution < -0.4 is 11.5 Å². The summed E-state index contributed by atoms with van der Waals surface area (Å²) in [6.07, 6.45) is 2.01. The molecular formula is C11H16ClF3N2. The van der Waals surface area contributed by atoms with Crippen molar-refractivity contribution in [2.45, 2.75) is 25.3 Å². The van der Waals surface area contributed by atoms with Gasteiger partial charge in [-0.15, -0.1) is 12.4 Å². The quantitative estimate of drug-likeness (QED) is 0.637. The summed E-state index contributed by atoms with van der Waals surface area (Å²) in [5, 5.41) is 0. The first kappa shape index (κ1) is 16.2. The highest BCUT2D eigenvalue weighted by Crippen LogP contribution is 2.22. The number of rotatable bonds is 5. The fourth-order valence-corrected chi connectivity index (χ4v) is 1.49. The Kier molecular flexibility index (Phi) is 7.18. The van der Waals surface area contributed by atoms with Gasteiger partial charge < -0.3 is 11.5 Å². The lowest BCUT2D eigenvalue weighted by molar-refractivity contribution is 0.478. The van der Waals surface area contributed by atoms with E-state index in [0.717, 1.165) is 18.9 Å². The van der Waals surface area contributed by atoms with Crippen LogP contribution >= 0.6 is 12.4 Å². The highest BCUT2D eigenvalue weighted by Gasteiger charge is 2.15. The SMILES string of the molecule is Cl.NCCCC[C@H](N)c1cc(F)c(F)cc1F. The zero-order valence-electron chi connectivity index (χ0n) is 9.26. The van der Waals surface area contributed by atoms with Crippen molar-refractivity contribution in [1.82, 2.24) is 0 Å². The van der Waals surface area contributed by atoms with Crippen molar-refractivity contribution in [3.05, 3.63) is 35.1 Å². The fourth-order valence-electron chi connectivity index (χ4n) is 1.49. The summed E-state index contributed by atoms with van der Waals surface area (Å²) in [5.41, 5.74) is 11.0. The van der Waals surface area contributed by atoms with Crippen LogP contribution in [0.2, 0.25) is 0 Å². The third kappa shape index (κ3) is 4.53. The van der Waals surface area contributed by atoms with Gasteiger partial charge in [0.05, 0.1) is 0 Å². The van der Waals surface area contributed by atoms with Crippen molar-refractivity contribution in [1.29, 1.82) is 0 Å². The molecule has 0 radical (unpaired) electrons. The predicted molar refractivity (Wildman–Crippen MR) is 63.4 cm³/mol. The molecule has 1 aromatic carbocycles. The van der Waals surface area contributed by atoms with Gasteiger partial charge in [0.15, 0.2) is 11.6 Å². The van der Waals surface area contributed by atoms with E-state index in [9.17, 15) is 13.2 Å². The van der Waals surface area contributed by atoms with Crippen molar-refractivity contribution < 1.29 is 13.2 Å². The number of unbranched alkanes of at least 4 members (excludes halogenated alkanes) is 1. The third-order valence-electron chi connectivity index (χ3n) is 2.41. The summed E-state index contributed by atoms with van der Waals surface area (Å²) in [6.45, 7) is 0.535. The number of benzene rings is 1. The molecule has 0 aliphatic heterocycles. The van der Waals surface area contributed by atoms with E-state index in [1.54, 1.807) is 0 Å². The van der Waals surface area contributed by atoms with Crippen LogP contribution in [0.25, 0.3) is 0 Å². The van der Waals surface area contributed by atoms with Gasteiger partial charge in [-0.3, -0.25) is 0 Å². The molecule has 0 fully saturated rings. The molecule has 0 spiro atoms. The summed E-state index contributed by atoms with van der Waals surface area (Å²) >= 11 is 0. The van der Waals surface area contributed by atoms with Gasteiger partial charge in [0.25, 0.3) is 0 Å². The first-order chi connectivity index (χ1) is 7.56. The summed E-state index contributed by atoms with van der Waals surface area (Å²) in [5.74, 6) is -3.08. The van der Waals surface area contributed by atoms with Gasteiger partial charge in [0, 0.05) is 17.7 Å². The molecule has 0 unspecified atom stereocenters. The summed E-state index contributed by atoms with van der Waals surface area (Å²) in [7, 11) is 0. The van der Waals surface area contributed by atoms with Crippen LogP contribution in [0.4, 0.5) is 13.2 Å². The maximum absolute atomic E-state index is 13.3. The Labute approximate surface area is 105 Å². The predicted octanol–water partition coefficient (Wildman–Crippen LogP) is 2.65. The molecule has 17 heavy (non-hydrogen) atoms. The minimum Gasteiger partial charge on any atom is -0.330 e. The molecule has 1 aromatic rings. The van der Waals surface area contributed by atoms with Crippen molar-refractivity contribution >= 4 is 12.4 Å². The number of nitrogens with two attached hydrogens (primary N) is 2. The molecule has 0 bridgehead atoms. The second-order valence-corrected chi connectivity index (χ2v) is 3.68. The fraction of sp³-hybridized carbons (Fsp3) is 0.455. The molecule has 0 aliphatic rings. The maximum atomic E-state index is 13.3. The van der Waals surface area contributed by atoms with E-state index in [4.69, 9.17) is 11.5 Å². The molecule has 6 heteroatoms. The second kappa shape index (κ2) is 7.53. The Morgan fingerprint density at radius 3 is 2.18 bits per heavy atom. The topological polar surface area (TPSA) is 52.0 Å². The Bertz CT molecular complexity index is 361. The lowest BCUT2D eigenvalue weighted by atomic mass is 10.0. The van der Waals surface area contributed by atoms with Crippen LogP contribution in [-0.4, -0.2) is 6.54 Å². The molecule has 4 N–H and O–H groups in total. The smallest absolute Gasteiger partial charge is 0.161 e. The molecule has 0 amide bonds. The molecule has 0 saturated carbocycles. The van der Waals surface area contributed by atoms with Gasteiger partial charge in [-0.25, -0.2) is 13.2 Å². The van der Waals surface area contributed by atoms with Crippen LogP contribution in [0.5, 0.6) is 0 Å². The van der Waals surface area contributed by atoms with Gasteiger partial charge in [-0.05, 0) is 25.5 Å². The normalized spacial score (nSPS) is 12.1. The van der Waals surface area contributed by atoms with Gasteiger partial charge in [0.1, 0.15) is 5.82 Å². The molecule has 0 saturated heterocycles. The number of hydrogen-bond acceptors (Lipinski definition) is 2. The molecule has 98 valence electrons. The highest BCUT2D eigenvalue weighted by atomic mass is 35.5. The molecular weight excluding hydrogens is 253 g/mol. The highest BCUT2D eigenvalue weighted by molar-refractivity contribution is 5.85. The average Bonchev–Trinajstić information content (AvgIpc) is 2.23. The molecule has 2 nitrogen and oxygen atoms in total. The zero-order chi connectivity index (χ0) is 12.1. The Morgan fingerprint density at radius 2 is 1.59 bits per heavy atom. The van der Waals surface area contributed by atoms with Crippen LogP contribution in [0.15, 0.2) is 12.1 Å². The van der Waals surface area contributed by atoms with Gasteiger partial charge in [-0.1, -0.05) is 6.42 Å². The molecule has 1 atom stereocenters. The molecule has 0 heterocycles. The largest absolute Gasteiger partial charge is 0.330 e. The first-order valence-corrected chi connectivity index (χ1v) is 5.16. The lowest BCUT2D eigenvalue weighted by Crippen LogP contribution is -2.13. The van der Waals surface area contributed by atoms with E-state index in [-0.39, 0.29) is 18.0 Å². The van der Waals surface area contributed by atoms with E-state index in [2.05, 4.69) is 0 Å². The average molecular weight is 269 g/mol. The van der Waals surface area contributed by atoms with Gasteiger partial charge in [-0.2, -0.15) is 0 Å². The standard InChI is InChI=1S/C11H15F3N2.ClH/c12-8-6-10(14)9(13)5-7(8)11(16)3-1-2-4-15;/h5-6,11H,1-4,15-16H2;1H/t11-;/m0./s1. The molecule has 1 rings (SSSR count). The van der Waals surface area contributed by atoms with Gasteiger partial charge >= 0.3 is 0 Å². The van der Waals surface area contributed by atoms with E-state index in [1.807, 2.05) is 0 Å². The third-order valence-corrected chi connectivity index (χ3v) is 2.41. The maximum Gasteiger partial charge on any atom is 0.161 e. The minimum absolute atomic E-state index is 0. The minimum atomic E-state index is -1.20. The van der Waals surface area contributed by atoms with E-state index in [0.29, 0.717) is 19.0 Å². The van der Waals surface area contributed by atoms with E-state index < -0.39 is 23.5 Å². The first-order valence-electron chi connectivity index (χ1n) is 5.16. The number of hydrogen-bond donors (Lipinski definition) is 2. The van der Waals surface area contributed by atoms with Crippen molar-refractivity contribution in [3.63, 3.8) is 0 Å². The van der Waals surface area contributed by atoms with E-state index in [1.165, 1.54) is 0 Å². The van der Waals surface area contributed by atoms with Crippen LogP contribution in [0, 0.1) is 17.5 Å². The van der Waals surface area contributed by atoms with Crippen molar-refractivity contribution in [2.24, 2.45) is 11.5 Å². The summed E-state index contributed by atoms with van der Waals surface area (Å²) in [6, 6.07) is 0.715.